The molecule has 0 spiro atoms. The van der Waals surface area contributed by atoms with Crippen LogP contribution >= 0.6 is 15.9 Å². The van der Waals surface area contributed by atoms with E-state index >= 15 is 0 Å². The first kappa shape index (κ1) is 14.9. The second kappa shape index (κ2) is 5.90. The van der Waals surface area contributed by atoms with Gasteiger partial charge in [-0.3, -0.25) is 4.90 Å². The predicted molar refractivity (Wildman–Crippen MR) is 80.7 cm³/mol. The van der Waals surface area contributed by atoms with E-state index in [0.717, 1.165) is 18.7 Å². The summed E-state index contributed by atoms with van der Waals surface area (Å²) < 4.78 is 14.1. The number of hydrogen-bond donors (Lipinski definition) is 1. The van der Waals surface area contributed by atoms with Gasteiger partial charge in [-0.2, -0.15) is 0 Å². The van der Waals surface area contributed by atoms with Gasteiger partial charge in [0.05, 0.1) is 4.47 Å². The molecule has 0 aromatic heterocycles. The molecule has 1 saturated heterocycles. The second-order valence-corrected chi connectivity index (χ2v) is 6.66. The Morgan fingerprint density at radius 3 is 2.63 bits per heavy atom. The summed E-state index contributed by atoms with van der Waals surface area (Å²) in [7, 11) is 0. The molecule has 1 aromatic rings. The Bertz CT molecular complexity index is 442. The molecule has 4 heteroatoms. The zero-order valence-electron chi connectivity index (χ0n) is 11.6. The van der Waals surface area contributed by atoms with E-state index in [1.54, 1.807) is 6.07 Å². The number of hydrogen-bond acceptors (Lipinski definition) is 2. The lowest BCUT2D eigenvalue weighted by atomic mass is 9.88. The standard InChI is InChI=1S/C15H22BrFN2/c1-15(2,19-8-3-4-9-19)13(18)10-11-6-5-7-12(17)14(11)16/h5-7,13H,3-4,8-10,18H2,1-2H3. The molecule has 0 amide bonds. The van der Waals surface area contributed by atoms with Gasteiger partial charge in [0.15, 0.2) is 0 Å². The summed E-state index contributed by atoms with van der Waals surface area (Å²) in [5, 5.41) is 0. The number of rotatable bonds is 4. The Labute approximate surface area is 123 Å². The highest BCUT2D eigenvalue weighted by atomic mass is 79.9. The van der Waals surface area contributed by atoms with Crippen LogP contribution < -0.4 is 5.73 Å². The number of nitrogens with two attached hydrogens (primary N) is 1. The quantitative estimate of drug-likeness (QED) is 0.918. The molecular formula is C15H22BrFN2. The molecule has 2 nitrogen and oxygen atoms in total. The molecule has 2 N–H and O–H groups in total. The number of halogens is 2. The summed E-state index contributed by atoms with van der Waals surface area (Å²) in [5.74, 6) is -0.219. The lowest BCUT2D eigenvalue weighted by molar-refractivity contribution is 0.123. The van der Waals surface area contributed by atoms with Gasteiger partial charge in [-0.05, 0) is 73.8 Å². The molecule has 106 valence electrons. The summed E-state index contributed by atoms with van der Waals surface area (Å²) in [6.45, 7) is 6.61. The molecule has 1 aliphatic heterocycles. The first-order valence-electron chi connectivity index (χ1n) is 6.86. The van der Waals surface area contributed by atoms with Crippen LogP contribution in [0, 0.1) is 5.82 Å². The zero-order chi connectivity index (χ0) is 14.0. The minimum atomic E-state index is -0.219. The maximum Gasteiger partial charge on any atom is 0.137 e. The van der Waals surface area contributed by atoms with Crippen LogP contribution in [0.5, 0.6) is 0 Å². The summed E-state index contributed by atoms with van der Waals surface area (Å²) in [4.78, 5) is 2.45. The van der Waals surface area contributed by atoms with Crippen molar-refractivity contribution in [3.63, 3.8) is 0 Å². The van der Waals surface area contributed by atoms with Crippen molar-refractivity contribution in [1.82, 2.24) is 4.90 Å². The normalized spacial score (nSPS) is 18.8. The zero-order valence-corrected chi connectivity index (χ0v) is 13.2. The fraction of sp³-hybridized carbons (Fsp3) is 0.600. The average molecular weight is 329 g/mol. The van der Waals surface area contributed by atoms with Crippen LogP contribution in [0.25, 0.3) is 0 Å². The smallest absolute Gasteiger partial charge is 0.137 e. The third-order valence-electron chi connectivity index (χ3n) is 4.30. The van der Waals surface area contributed by atoms with Crippen LogP contribution in [0.2, 0.25) is 0 Å². The highest BCUT2D eigenvalue weighted by molar-refractivity contribution is 9.10. The van der Waals surface area contributed by atoms with Crippen molar-refractivity contribution in [2.75, 3.05) is 13.1 Å². The number of likely N-dealkylation sites (tertiary alicyclic amines) is 1. The van der Waals surface area contributed by atoms with Crippen molar-refractivity contribution in [3.8, 4) is 0 Å². The van der Waals surface area contributed by atoms with Crippen LogP contribution in [0.15, 0.2) is 22.7 Å². The van der Waals surface area contributed by atoms with Gasteiger partial charge >= 0.3 is 0 Å². The van der Waals surface area contributed by atoms with Gasteiger partial charge in [0.1, 0.15) is 5.82 Å². The van der Waals surface area contributed by atoms with Crippen LogP contribution in [-0.2, 0) is 6.42 Å². The van der Waals surface area contributed by atoms with Crippen molar-refractivity contribution in [3.05, 3.63) is 34.1 Å². The fourth-order valence-electron chi connectivity index (χ4n) is 2.72. The van der Waals surface area contributed by atoms with Gasteiger partial charge in [0.2, 0.25) is 0 Å². The molecule has 0 saturated carbocycles. The fourth-order valence-corrected chi connectivity index (χ4v) is 3.15. The van der Waals surface area contributed by atoms with Crippen LogP contribution in [0.3, 0.4) is 0 Å². The lowest BCUT2D eigenvalue weighted by Crippen LogP contribution is -2.56. The maximum atomic E-state index is 13.5. The molecule has 1 unspecified atom stereocenters. The Kier molecular flexibility index (Phi) is 4.64. The van der Waals surface area contributed by atoms with Crippen LogP contribution in [-0.4, -0.2) is 29.6 Å². The Hall–Kier alpha value is -0.450. The lowest BCUT2D eigenvalue weighted by Gasteiger charge is -2.40. The molecular weight excluding hydrogens is 307 g/mol. The molecule has 1 heterocycles. The molecule has 0 bridgehead atoms. The molecule has 1 fully saturated rings. The van der Waals surface area contributed by atoms with Crippen molar-refractivity contribution in [2.24, 2.45) is 5.73 Å². The topological polar surface area (TPSA) is 29.3 Å². The van der Waals surface area contributed by atoms with E-state index in [1.165, 1.54) is 18.9 Å². The first-order chi connectivity index (χ1) is 8.93. The molecule has 1 aliphatic rings. The van der Waals surface area contributed by atoms with Gasteiger partial charge in [-0.1, -0.05) is 12.1 Å². The van der Waals surface area contributed by atoms with E-state index in [1.807, 2.05) is 6.07 Å². The number of nitrogens with zero attached hydrogens (tertiary/aromatic N) is 1. The van der Waals surface area contributed by atoms with Crippen molar-refractivity contribution < 1.29 is 4.39 Å². The summed E-state index contributed by atoms with van der Waals surface area (Å²) in [6, 6.07) is 5.13. The van der Waals surface area contributed by atoms with Gasteiger partial charge in [0, 0.05) is 11.6 Å². The van der Waals surface area contributed by atoms with E-state index in [2.05, 4.69) is 34.7 Å². The van der Waals surface area contributed by atoms with E-state index in [9.17, 15) is 4.39 Å². The maximum absolute atomic E-state index is 13.5. The van der Waals surface area contributed by atoms with Gasteiger partial charge in [0.25, 0.3) is 0 Å². The molecule has 2 rings (SSSR count). The van der Waals surface area contributed by atoms with E-state index in [-0.39, 0.29) is 17.4 Å². The van der Waals surface area contributed by atoms with Crippen LogP contribution in [0.4, 0.5) is 4.39 Å². The average Bonchev–Trinajstić information content (AvgIpc) is 2.89. The van der Waals surface area contributed by atoms with Gasteiger partial charge in [-0.25, -0.2) is 4.39 Å². The molecule has 19 heavy (non-hydrogen) atoms. The molecule has 0 radical (unpaired) electrons. The summed E-state index contributed by atoms with van der Waals surface area (Å²) in [5.41, 5.74) is 7.29. The van der Waals surface area contributed by atoms with Gasteiger partial charge < -0.3 is 5.73 Å². The van der Waals surface area contributed by atoms with Crippen molar-refractivity contribution in [2.45, 2.75) is 44.7 Å². The minimum absolute atomic E-state index is 0.0105. The Balaban J connectivity index is 2.11. The predicted octanol–water partition coefficient (Wildman–Crippen LogP) is 3.33. The third-order valence-corrected chi connectivity index (χ3v) is 5.19. The summed E-state index contributed by atoms with van der Waals surface area (Å²) >= 11 is 3.31. The molecule has 1 atom stereocenters. The highest BCUT2D eigenvalue weighted by Crippen LogP contribution is 2.28. The van der Waals surface area contributed by atoms with Gasteiger partial charge in [-0.15, -0.1) is 0 Å². The van der Waals surface area contributed by atoms with Crippen molar-refractivity contribution in [1.29, 1.82) is 0 Å². The Morgan fingerprint density at radius 2 is 2.00 bits per heavy atom. The van der Waals surface area contributed by atoms with E-state index in [0.29, 0.717) is 10.9 Å². The first-order valence-corrected chi connectivity index (χ1v) is 7.65. The third kappa shape index (κ3) is 3.18. The minimum Gasteiger partial charge on any atom is -0.326 e. The SMILES string of the molecule is CC(C)(C(N)Cc1cccc(F)c1Br)N1CCCC1. The number of benzene rings is 1. The largest absolute Gasteiger partial charge is 0.326 e. The summed E-state index contributed by atoms with van der Waals surface area (Å²) in [6.07, 6.45) is 3.18. The second-order valence-electron chi connectivity index (χ2n) is 5.87. The Morgan fingerprint density at radius 1 is 1.37 bits per heavy atom. The van der Waals surface area contributed by atoms with Crippen molar-refractivity contribution >= 4 is 15.9 Å². The monoisotopic (exact) mass is 328 g/mol. The van der Waals surface area contributed by atoms with E-state index < -0.39 is 0 Å². The molecule has 0 aliphatic carbocycles. The highest BCUT2D eigenvalue weighted by Gasteiger charge is 2.34. The van der Waals surface area contributed by atoms with E-state index in [4.69, 9.17) is 5.73 Å². The molecule has 1 aromatic carbocycles. The van der Waals surface area contributed by atoms with Crippen LogP contribution in [0.1, 0.15) is 32.3 Å².